The van der Waals surface area contributed by atoms with Crippen molar-refractivity contribution in [2.24, 2.45) is 0 Å². The van der Waals surface area contributed by atoms with Crippen LogP contribution in [0, 0.1) is 17.1 Å². The number of aromatic nitrogens is 1. The minimum absolute atomic E-state index is 0.373. The van der Waals surface area contributed by atoms with Gasteiger partial charge in [0.2, 0.25) is 0 Å². The molecule has 0 N–H and O–H groups in total. The standard InChI is InChI=1S/C7H2BrF3N2/c8-6-5(9)3(2-12)1-4(13-6)7(10)11/h1,7H. The van der Waals surface area contributed by atoms with Gasteiger partial charge in [-0.25, -0.2) is 18.2 Å². The van der Waals surface area contributed by atoms with Crippen LogP contribution in [0.4, 0.5) is 13.2 Å². The third kappa shape index (κ3) is 1.98. The number of alkyl halides is 2. The van der Waals surface area contributed by atoms with Crippen LogP contribution in [-0.4, -0.2) is 4.98 Å². The maximum Gasteiger partial charge on any atom is 0.280 e. The normalized spacial score (nSPS) is 10.2. The molecule has 0 atom stereocenters. The summed E-state index contributed by atoms with van der Waals surface area (Å²) in [5, 5.41) is 8.37. The van der Waals surface area contributed by atoms with Crippen LogP contribution in [0.25, 0.3) is 0 Å². The second-order valence-electron chi connectivity index (χ2n) is 2.11. The number of pyridine rings is 1. The van der Waals surface area contributed by atoms with E-state index < -0.39 is 23.5 Å². The lowest BCUT2D eigenvalue weighted by molar-refractivity contribution is 0.145. The van der Waals surface area contributed by atoms with Crippen LogP contribution in [0.5, 0.6) is 0 Å². The second-order valence-corrected chi connectivity index (χ2v) is 2.86. The summed E-state index contributed by atoms with van der Waals surface area (Å²) in [4.78, 5) is 3.22. The van der Waals surface area contributed by atoms with Crippen molar-refractivity contribution in [2.75, 3.05) is 0 Å². The molecule has 0 fully saturated rings. The Hall–Kier alpha value is -1.09. The van der Waals surface area contributed by atoms with Gasteiger partial charge in [-0.2, -0.15) is 5.26 Å². The lowest BCUT2D eigenvalue weighted by Crippen LogP contribution is -1.96. The topological polar surface area (TPSA) is 36.7 Å². The van der Waals surface area contributed by atoms with Gasteiger partial charge in [0, 0.05) is 0 Å². The van der Waals surface area contributed by atoms with E-state index in [1.807, 2.05) is 0 Å². The molecule has 1 aromatic rings. The minimum atomic E-state index is -2.82. The summed E-state index contributed by atoms with van der Waals surface area (Å²) < 4.78 is 36.7. The molecule has 0 unspecified atom stereocenters. The summed E-state index contributed by atoms with van der Waals surface area (Å²) in [7, 11) is 0. The first-order valence-electron chi connectivity index (χ1n) is 3.10. The summed E-state index contributed by atoms with van der Waals surface area (Å²) in [5.41, 5.74) is -1.07. The van der Waals surface area contributed by atoms with Crippen molar-refractivity contribution in [1.82, 2.24) is 4.98 Å². The largest absolute Gasteiger partial charge is 0.280 e. The van der Waals surface area contributed by atoms with Crippen LogP contribution in [0.15, 0.2) is 10.7 Å². The Labute approximate surface area is 80.1 Å². The van der Waals surface area contributed by atoms with E-state index >= 15 is 0 Å². The van der Waals surface area contributed by atoms with Crippen LogP contribution in [0.3, 0.4) is 0 Å². The SMILES string of the molecule is N#Cc1cc(C(F)F)nc(Br)c1F. The van der Waals surface area contributed by atoms with Gasteiger partial charge in [0.05, 0.1) is 5.56 Å². The Morgan fingerprint density at radius 1 is 1.54 bits per heavy atom. The van der Waals surface area contributed by atoms with Crippen molar-refractivity contribution >= 4 is 15.9 Å². The van der Waals surface area contributed by atoms with Crippen molar-refractivity contribution in [3.8, 4) is 6.07 Å². The molecule has 0 radical (unpaired) electrons. The molecule has 68 valence electrons. The number of nitriles is 1. The number of hydrogen-bond acceptors (Lipinski definition) is 2. The predicted octanol–water partition coefficient (Wildman–Crippen LogP) is 2.79. The summed E-state index contributed by atoms with van der Waals surface area (Å²) in [6, 6.07) is 2.18. The molecule has 0 aliphatic rings. The highest BCUT2D eigenvalue weighted by Gasteiger charge is 2.15. The Kier molecular flexibility index (Phi) is 2.88. The Bertz CT molecular complexity index is 373. The van der Waals surface area contributed by atoms with Gasteiger partial charge in [-0.3, -0.25) is 0 Å². The molecule has 0 saturated carbocycles. The van der Waals surface area contributed by atoms with Gasteiger partial charge >= 0.3 is 0 Å². The van der Waals surface area contributed by atoms with Gasteiger partial charge < -0.3 is 0 Å². The van der Waals surface area contributed by atoms with Gasteiger partial charge in [-0.05, 0) is 22.0 Å². The van der Waals surface area contributed by atoms with E-state index in [4.69, 9.17) is 5.26 Å². The van der Waals surface area contributed by atoms with E-state index in [9.17, 15) is 13.2 Å². The molecule has 6 heteroatoms. The van der Waals surface area contributed by atoms with E-state index in [0.29, 0.717) is 0 Å². The summed E-state index contributed by atoms with van der Waals surface area (Å²) >= 11 is 2.64. The zero-order valence-corrected chi connectivity index (χ0v) is 7.65. The lowest BCUT2D eigenvalue weighted by atomic mass is 10.2. The van der Waals surface area contributed by atoms with Crippen molar-refractivity contribution in [3.63, 3.8) is 0 Å². The average molecular weight is 251 g/mol. The van der Waals surface area contributed by atoms with E-state index in [2.05, 4.69) is 20.9 Å². The molecule has 2 nitrogen and oxygen atoms in total. The van der Waals surface area contributed by atoms with Crippen LogP contribution >= 0.6 is 15.9 Å². The molecule has 0 aliphatic carbocycles. The number of rotatable bonds is 1. The zero-order valence-electron chi connectivity index (χ0n) is 6.06. The molecule has 0 bridgehead atoms. The van der Waals surface area contributed by atoms with Crippen molar-refractivity contribution in [1.29, 1.82) is 5.26 Å². The van der Waals surface area contributed by atoms with Gasteiger partial charge in [-0.15, -0.1) is 0 Å². The molecular weight excluding hydrogens is 249 g/mol. The third-order valence-electron chi connectivity index (χ3n) is 1.28. The molecule has 1 aromatic heterocycles. The smallest absolute Gasteiger partial charge is 0.237 e. The highest BCUT2D eigenvalue weighted by Crippen LogP contribution is 2.23. The highest BCUT2D eigenvalue weighted by molar-refractivity contribution is 9.10. The van der Waals surface area contributed by atoms with Gasteiger partial charge in [-0.1, -0.05) is 0 Å². The maximum absolute atomic E-state index is 12.9. The summed E-state index contributed by atoms with van der Waals surface area (Å²) in [5.74, 6) is -0.924. The minimum Gasteiger partial charge on any atom is -0.237 e. The molecule has 1 rings (SSSR count). The first-order valence-corrected chi connectivity index (χ1v) is 3.89. The molecule has 1 heterocycles. The van der Waals surface area contributed by atoms with Crippen LogP contribution in [0.2, 0.25) is 0 Å². The summed E-state index contributed by atoms with van der Waals surface area (Å²) in [6.45, 7) is 0. The quantitative estimate of drug-likeness (QED) is 0.719. The fourth-order valence-electron chi connectivity index (χ4n) is 0.710. The third-order valence-corrected chi connectivity index (χ3v) is 1.81. The van der Waals surface area contributed by atoms with E-state index in [1.54, 1.807) is 0 Å². The van der Waals surface area contributed by atoms with Gasteiger partial charge in [0.15, 0.2) is 5.82 Å². The lowest BCUT2D eigenvalue weighted by Gasteiger charge is -2.01. The van der Waals surface area contributed by atoms with Crippen LogP contribution in [-0.2, 0) is 0 Å². The van der Waals surface area contributed by atoms with Crippen LogP contribution in [0.1, 0.15) is 17.7 Å². The van der Waals surface area contributed by atoms with Crippen molar-refractivity contribution < 1.29 is 13.2 Å². The molecule has 0 spiro atoms. The fraction of sp³-hybridized carbons (Fsp3) is 0.143. The second kappa shape index (κ2) is 3.75. The van der Waals surface area contributed by atoms with E-state index in [-0.39, 0.29) is 4.60 Å². The zero-order chi connectivity index (χ0) is 10.0. The first-order chi connectivity index (χ1) is 6.06. The Morgan fingerprint density at radius 3 is 2.62 bits per heavy atom. The first kappa shape index (κ1) is 9.99. The maximum atomic E-state index is 12.9. The highest BCUT2D eigenvalue weighted by atomic mass is 79.9. The molecule has 0 saturated heterocycles. The molecule has 13 heavy (non-hydrogen) atoms. The Balaban J connectivity index is 3.32. The van der Waals surface area contributed by atoms with Crippen LogP contribution < -0.4 is 0 Å². The van der Waals surface area contributed by atoms with Crippen molar-refractivity contribution in [3.05, 3.63) is 27.7 Å². The molecule has 0 aliphatic heterocycles. The molecule has 0 amide bonds. The monoisotopic (exact) mass is 250 g/mol. The number of hydrogen-bond donors (Lipinski definition) is 0. The molecule has 0 aromatic carbocycles. The number of nitrogens with zero attached hydrogens (tertiary/aromatic N) is 2. The number of halogens is 4. The van der Waals surface area contributed by atoms with Crippen molar-refractivity contribution in [2.45, 2.75) is 6.43 Å². The van der Waals surface area contributed by atoms with Gasteiger partial charge in [0.1, 0.15) is 16.4 Å². The predicted molar refractivity (Wildman–Crippen MR) is 41.6 cm³/mol. The molecular formula is C7H2BrF3N2. The fourth-order valence-corrected chi connectivity index (χ4v) is 1.13. The van der Waals surface area contributed by atoms with E-state index in [1.165, 1.54) is 6.07 Å². The average Bonchev–Trinajstić information content (AvgIpc) is 2.09. The summed E-state index contributed by atoms with van der Waals surface area (Å²) in [6.07, 6.45) is -2.82. The van der Waals surface area contributed by atoms with Gasteiger partial charge in [0.25, 0.3) is 6.43 Å². The van der Waals surface area contributed by atoms with E-state index in [0.717, 1.165) is 6.07 Å². The Morgan fingerprint density at radius 2 is 2.15 bits per heavy atom.